The molecule has 0 unspecified atom stereocenters. The van der Waals surface area contributed by atoms with Crippen molar-refractivity contribution in [2.75, 3.05) is 44.8 Å². The van der Waals surface area contributed by atoms with Gasteiger partial charge in [0.2, 0.25) is 0 Å². The zero-order valence-electron chi connectivity index (χ0n) is 35.9. The maximum absolute atomic E-state index is 13.2. The largest absolute Gasteiger partial charge is 0.508 e. The van der Waals surface area contributed by atoms with Crippen molar-refractivity contribution in [3.63, 3.8) is 0 Å². The number of alkyl carbamates (subject to hydrolysis) is 1. The van der Waals surface area contributed by atoms with E-state index in [0.717, 1.165) is 29.4 Å². The molecule has 0 bridgehead atoms. The first-order valence-corrected chi connectivity index (χ1v) is 19.2. The van der Waals surface area contributed by atoms with Crippen molar-refractivity contribution in [2.45, 2.75) is 127 Å². The smallest absolute Gasteiger partial charge is 0.407 e. The molecule has 308 valence electrons. The Morgan fingerprint density at radius 3 is 1.78 bits per heavy atom. The number of aromatic hydroxyl groups is 1. The van der Waals surface area contributed by atoms with Crippen molar-refractivity contribution in [1.82, 2.24) is 5.32 Å². The number of benzene rings is 3. The molecule has 3 aromatic rings. The van der Waals surface area contributed by atoms with Gasteiger partial charge in [-0.1, -0.05) is 85.7 Å². The number of rotatable bonds is 13. The SMILES string of the molecule is CC.CC.CC(C)c1ccc(F)cc1O.CC(C)c1ccc(F)cc1OCCOC(C)(C)C.Cc1ccccc1NCCOCCNC(=O)OC(C)(C)C. The van der Waals surface area contributed by atoms with Crippen LogP contribution in [0.5, 0.6) is 11.5 Å². The average molecular weight is 763 g/mol. The lowest BCUT2D eigenvalue weighted by molar-refractivity contribution is -0.0164. The fourth-order valence-corrected chi connectivity index (χ4v) is 4.29. The lowest BCUT2D eigenvalue weighted by Gasteiger charge is -2.20. The predicted octanol–water partition coefficient (Wildman–Crippen LogP) is 11.8. The minimum atomic E-state index is -0.470. The molecule has 0 heterocycles. The van der Waals surface area contributed by atoms with Gasteiger partial charge in [0, 0.05) is 30.9 Å². The van der Waals surface area contributed by atoms with E-state index in [9.17, 15) is 18.7 Å². The molecule has 0 aromatic heterocycles. The molecule has 10 heteroatoms. The zero-order valence-corrected chi connectivity index (χ0v) is 35.9. The van der Waals surface area contributed by atoms with E-state index in [4.69, 9.17) is 18.9 Å². The van der Waals surface area contributed by atoms with Gasteiger partial charge in [-0.15, -0.1) is 0 Å². The van der Waals surface area contributed by atoms with Crippen LogP contribution in [0.2, 0.25) is 0 Å². The van der Waals surface area contributed by atoms with Crippen LogP contribution in [0.1, 0.15) is 125 Å². The number of hydrogen-bond donors (Lipinski definition) is 3. The molecule has 0 saturated carbocycles. The maximum atomic E-state index is 13.2. The van der Waals surface area contributed by atoms with Crippen LogP contribution in [-0.2, 0) is 14.2 Å². The molecule has 54 heavy (non-hydrogen) atoms. The summed E-state index contributed by atoms with van der Waals surface area (Å²) < 4.78 is 47.4. The van der Waals surface area contributed by atoms with Crippen LogP contribution < -0.4 is 15.4 Å². The van der Waals surface area contributed by atoms with E-state index in [2.05, 4.69) is 37.5 Å². The summed E-state index contributed by atoms with van der Waals surface area (Å²) >= 11 is 0. The van der Waals surface area contributed by atoms with E-state index in [1.54, 1.807) is 12.1 Å². The summed E-state index contributed by atoms with van der Waals surface area (Å²) in [5, 5.41) is 15.2. The van der Waals surface area contributed by atoms with Crippen LogP contribution in [0.4, 0.5) is 19.3 Å². The van der Waals surface area contributed by atoms with Gasteiger partial charge in [0.15, 0.2) is 0 Å². The Morgan fingerprint density at radius 1 is 0.722 bits per heavy atom. The Balaban J connectivity index is 0. The highest BCUT2D eigenvalue weighted by Crippen LogP contribution is 2.27. The molecule has 0 spiro atoms. The molecule has 0 aliphatic rings. The standard InChI is InChI=1S/C16H26N2O3.C15H23FO2.C9H11FO.2C2H6/c1-13-7-5-6-8-14(13)17-9-11-20-12-10-18-15(19)21-16(2,3)4;1-11(2)13-7-6-12(16)10-14(13)17-8-9-18-15(3,4)5;1-6(2)8-4-3-7(10)5-9(8)11;2*1-2/h5-8,17H,9-12H2,1-4H3,(H,18,19);6-7,10-11H,8-9H2,1-5H3;3-6,11H,1-2H3;2*1-2H3. The number of ether oxygens (including phenoxy) is 4. The van der Waals surface area contributed by atoms with Crippen molar-refractivity contribution < 1.29 is 37.6 Å². The number of amides is 1. The molecule has 0 aliphatic heterocycles. The monoisotopic (exact) mass is 763 g/mol. The molecule has 0 atom stereocenters. The van der Waals surface area contributed by atoms with Gasteiger partial charge in [0.25, 0.3) is 0 Å². The van der Waals surface area contributed by atoms with Gasteiger partial charge in [-0.25, -0.2) is 13.6 Å². The fraction of sp³-hybridized carbons (Fsp3) is 0.568. The Labute approximate surface area is 326 Å². The van der Waals surface area contributed by atoms with Gasteiger partial charge in [-0.2, -0.15) is 0 Å². The van der Waals surface area contributed by atoms with E-state index in [-0.39, 0.29) is 23.1 Å². The van der Waals surface area contributed by atoms with Crippen LogP contribution in [0.25, 0.3) is 0 Å². The molecular weight excluding hydrogens is 690 g/mol. The summed E-state index contributed by atoms with van der Waals surface area (Å²) in [6.45, 7) is 32.7. The number of para-hydroxylation sites is 1. The summed E-state index contributed by atoms with van der Waals surface area (Å²) in [5.74, 6) is 0.528. The number of carbonyl (C=O) groups excluding carboxylic acids is 1. The van der Waals surface area contributed by atoms with Gasteiger partial charge >= 0.3 is 6.09 Å². The van der Waals surface area contributed by atoms with Crippen molar-refractivity contribution in [3.05, 3.63) is 89.0 Å². The van der Waals surface area contributed by atoms with E-state index in [0.29, 0.717) is 44.6 Å². The number of carbonyl (C=O) groups is 1. The quantitative estimate of drug-likeness (QED) is 0.149. The molecule has 3 aromatic carbocycles. The van der Waals surface area contributed by atoms with Gasteiger partial charge < -0.3 is 34.7 Å². The summed E-state index contributed by atoms with van der Waals surface area (Å²) in [6.07, 6.45) is -0.413. The minimum Gasteiger partial charge on any atom is -0.508 e. The highest BCUT2D eigenvalue weighted by atomic mass is 19.1. The number of phenolic OH excluding ortho intramolecular Hbond substituents is 1. The predicted molar refractivity (Wildman–Crippen MR) is 221 cm³/mol. The first-order chi connectivity index (χ1) is 25.3. The first kappa shape index (κ1) is 52.2. The van der Waals surface area contributed by atoms with E-state index >= 15 is 0 Å². The van der Waals surface area contributed by atoms with Crippen molar-refractivity contribution in [2.24, 2.45) is 0 Å². The lowest BCUT2D eigenvalue weighted by atomic mass is 10.0. The van der Waals surface area contributed by atoms with Gasteiger partial charge in [-0.3, -0.25) is 0 Å². The van der Waals surface area contributed by atoms with Crippen LogP contribution >= 0.6 is 0 Å². The third kappa shape index (κ3) is 26.0. The van der Waals surface area contributed by atoms with Gasteiger partial charge in [0.1, 0.15) is 35.3 Å². The number of aryl methyl sites for hydroxylation is 1. The molecular formula is C44H72F2N2O6. The van der Waals surface area contributed by atoms with Crippen molar-refractivity contribution >= 4 is 11.8 Å². The molecule has 1 amide bonds. The summed E-state index contributed by atoms with van der Waals surface area (Å²) in [7, 11) is 0. The molecule has 3 rings (SSSR count). The third-order valence-corrected chi connectivity index (χ3v) is 6.71. The minimum absolute atomic E-state index is 0.0417. The number of anilines is 1. The van der Waals surface area contributed by atoms with E-state index in [1.165, 1.54) is 23.8 Å². The summed E-state index contributed by atoms with van der Waals surface area (Å²) in [6, 6.07) is 16.9. The third-order valence-electron chi connectivity index (χ3n) is 6.71. The fourth-order valence-electron chi connectivity index (χ4n) is 4.29. The second-order valence-corrected chi connectivity index (χ2v) is 14.3. The topological polar surface area (TPSA) is 98.3 Å². The second-order valence-electron chi connectivity index (χ2n) is 14.3. The average Bonchev–Trinajstić information content (AvgIpc) is 3.08. The van der Waals surface area contributed by atoms with Crippen LogP contribution in [0, 0.1) is 18.6 Å². The molecule has 8 nitrogen and oxygen atoms in total. The number of halogens is 2. The number of phenols is 1. The van der Waals surface area contributed by atoms with Crippen molar-refractivity contribution in [1.29, 1.82) is 0 Å². The molecule has 0 saturated heterocycles. The van der Waals surface area contributed by atoms with Gasteiger partial charge in [-0.05, 0) is 95.2 Å². The lowest BCUT2D eigenvalue weighted by Crippen LogP contribution is -2.34. The van der Waals surface area contributed by atoms with Crippen molar-refractivity contribution in [3.8, 4) is 11.5 Å². The van der Waals surface area contributed by atoms with Crippen LogP contribution in [-0.4, -0.2) is 61.9 Å². The number of hydrogen-bond acceptors (Lipinski definition) is 7. The molecule has 3 N–H and O–H groups in total. The van der Waals surface area contributed by atoms with Gasteiger partial charge in [0.05, 0.1) is 25.4 Å². The summed E-state index contributed by atoms with van der Waals surface area (Å²) in [5.41, 5.74) is 3.49. The van der Waals surface area contributed by atoms with E-state index < -0.39 is 17.5 Å². The van der Waals surface area contributed by atoms with E-state index in [1.807, 2.05) is 101 Å². The normalized spacial score (nSPS) is 10.6. The van der Waals surface area contributed by atoms with Crippen LogP contribution in [0.15, 0.2) is 60.7 Å². The Hall–Kier alpha value is -3.89. The second kappa shape index (κ2) is 28.5. The molecule has 0 aliphatic carbocycles. The number of nitrogens with one attached hydrogen (secondary N) is 2. The highest BCUT2D eigenvalue weighted by molar-refractivity contribution is 5.67. The first-order valence-electron chi connectivity index (χ1n) is 19.2. The Bertz CT molecular complexity index is 1420. The maximum Gasteiger partial charge on any atom is 0.407 e. The zero-order chi connectivity index (χ0) is 41.9. The highest BCUT2D eigenvalue weighted by Gasteiger charge is 2.15. The Morgan fingerprint density at radius 2 is 1.26 bits per heavy atom. The molecule has 0 fully saturated rings. The molecule has 0 radical (unpaired) electrons. The Kier molecular flexibility index (Phi) is 27.6. The van der Waals surface area contributed by atoms with Crippen LogP contribution in [0.3, 0.4) is 0 Å². The summed E-state index contributed by atoms with van der Waals surface area (Å²) in [4.78, 5) is 11.4.